The number of hydrogen-bond donors (Lipinski definition) is 3. The average Bonchev–Trinajstić information content (AvgIpc) is 2.11. The van der Waals surface area contributed by atoms with Crippen molar-refractivity contribution in [3.63, 3.8) is 0 Å². The molecule has 1 unspecified atom stereocenters. The van der Waals surface area contributed by atoms with Crippen molar-refractivity contribution in [2.24, 2.45) is 5.73 Å². The fraction of sp³-hybridized carbons (Fsp3) is 0.222. The molecule has 0 radical (unpaired) electrons. The van der Waals surface area contributed by atoms with Crippen LogP contribution in [0.25, 0.3) is 0 Å². The summed E-state index contributed by atoms with van der Waals surface area (Å²) in [5.41, 5.74) is 5.32. The first-order valence-corrected chi connectivity index (χ1v) is 3.96. The summed E-state index contributed by atoms with van der Waals surface area (Å²) in [6, 6.07) is 2.26. The molecule has 0 aliphatic heterocycles. The summed E-state index contributed by atoms with van der Waals surface area (Å²) in [6.45, 7) is 0. The van der Waals surface area contributed by atoms with Crippen LogP contribution in [-0.4, -0.2) is 22.2 Å². The minimum absolute atomic E-state index is 0.0971. The summed E-state index contributed by atoms with van der Waals surface area (Å²) in [5, 5.41) is 17.5. The van der Waals surface area contributed by atoms with E-state index in [2.05, 4.69) is 0 Å². The van der Waals surface area contributed by atoms with Crippen molar-refractivity contribution >= 4 is 5.97 Å². The fourth-order valence-electron chi connectivity index (χ4n) is 1.04. The standard InChI is InChI=1S/C9H10FNO3/c10-7-2-1-6(12)3-5(7)4-8(11)9(13)14/h1-3,8,12H,4,11H2,(H,13,14). The van der Waals surface area contributed by atoms with Gasteiger partial charge in [0.1, 0.15) is 17.6 Å². The molecule has 0 aliphatic rings. The van der Waals surface area contributed by atoms with Crippen LogP contribution in [0.2, 0.25) is 0 Å². The van der Waals surface area contributed by atoms with Crippen LogP contribution < -0.4 is 5.73 Å². The Morgan fingerprint density at radius 2 is 2.21 bits per heavy atom. The first kappa shape index (κ1) is 10.5. The number of rotatable bonds is 3. The second kappa shape index (κ2) is 4.06. The molecule has 0 saturated carbocycles. The molecule has 14 heavy (non-hydrogen) atoms. The molecule has 0 aliphatic carbocycles. The maximum absolute atomic E-state index is 13.0. The molecule has 1 aromatic carbocycles. The molecular formula is C9H10FNO3. The van der Waals surface area contributed by atoms with Crippen LogP contribution in [0, 0.1) is 5.82 Å². The predicted molar refractivity (Wildman–Crippen MR) is 47.4 cm³/mol. The molecule has 0 heterocycles. The molecule has 0 saturated heterocycles. The third-order valence-electron chi connectivity index (χ3n) is 1.79. The zero-order valence-electron chi connectivity index (χ0n) is 7.27. The summed E-state index contributed by atoms with van der Waals surface area (Å²) in [5.74, 6) is -1.88. The Morgan fingerprint density at radius 3 is 2.79 bits per heavy atom. The third-order valence-corrected chi connectivity index (χ3v) is 1.79. The smallest absolute Gasteiger partial charge is 0.320 e. The lowest BCUT2D eigenvalue weighted by Crippen LogP contribution is -2.32. The van der Waals surface area contributed by atoms with Crippen LogP contribution >= 0.6 is 0 Å². The quantitative estimate of drug-likeness (QED) is 0.661. The highest BCUT2D eigenvalue weighted by Gasteiger charge is 2.14. The molecule has 0 fully saturated rings. The second-order valence-corrected chi connectivity index (χ2v) is 2.92. The number of benzene rings is 1. The maximum Gasteiger partial charge on any atom is 0.320 e. The molecule has 0 aromatic heterocycles. The van der Waals surface area contributed by atoms with E-state index in [1.165, 1.54) is 6.07 Å². The van der Waals surface area contributed by atoms with Gasteiger partial charge in [0.25, 0.3) is 0 Å². The van der Waals surface area contributed by atoms with Crippen molar-refractivity contribution in [2.75, 3.05) is 0 Å². The van der Waals surface area contributed by atoms with E-state index < -0.39 is 17.8 Å². The summed E-state index contributed by atoms with van der Waals surface area (Å²) in [7, 11) is 0. The number of phenols is 1. The fourth-order valence-corrected chi connectivity index (χ4v) is 1.04. The van der Waals surface area contributed by atoms with Gasteiger partial charge in [0.2, 0.25) is 0 Å². The van der Waals surface area contributed by atoms with Gasteiger partial charge in [-0.25, -0.2) is 4.39 Å². The van der Waals surface area contributed by atoms with Crippen LogP contribution in [0.5, 0.6) is 5.75 Å². The molecule has 1 atom stereocenters. The van der Waals surface area contributed by atoms with Gasteiger partial charge in [-0.1, -0.05) is 0 Å². The molecule has 0 spiro atoms. The van der Waals surface area contributed by atoms with Gasteiger partial charge in [-0.3, -0.25) is 4.79 Å². The van der Waals surface area contributed by atoms with E-state index in [1.54, 1.807) is 0 Å². The highest BCUT2D eigenvalue weighted by atomic mass is 19.1. The van der Waals surface area contributed by atoms with E-state index in [1.807, 2.05) is 0 Å². The van der Waals surface area contributed by atoms with Crippen LogP contribution in [0.15, 0.2) is 18.2 Å². The molecule has 0 bridgehead atoms. The lowest BCUT2D eigenvalue weighted by atomic mass is 10.1. The maximum atomic E-state index is 13.0. The van der Waals surface area contributed by atoms with Gasteiger partial charge in [-0.05, 0) is 23.8 Å². The van der Waals surface area contributed by atoms with Crippen molar-refractivity contribution in [3.8, 4) is 5.75 Å². The molecule has 76 valence electrons. The molecular weight excluding hydrogens is 189 g/mol. The Hall–Kier alpha value is -1.62. The van der Waals surface area contributed by atoms with Crippen LogP contribution in [-0.2, 0) is 11.2 Å². The van der Waals surface area contributed by atoms with E-state index in [0.29, 0.717) is 0 Å². The molecule has 5 heteroatoms. The lowest BCUT2D eigenvalue weighted by molar-refractivity contribution is -0.138. The minimum atomic E-state index is -1.20. The number of carbonyl (C=O) groups is 1. The predicted octanol–water partition coefficient (Wildman–Crippen LogP) is 0.486. The van der Waals surface area contributed by atoms with Gasteiger partial charge in [-0.2, -0.15) is 0 Å². The van der Waals surface area contributed by atoms with Crippen LogP contribution in [0.3, 0.4) is 0 Å². The number of aliphatic carboxylic acids is 1. The number of carboxylic acid groups (broad SMARTS) is 1. The highest BCUT2D eigenvalue weighted by molar-refractivity contribution is 5.73. The summed E-state index contributed by atoms with van der Waals surface area (Å²) in [6.07, 6.45) is -0.143. The number of phenolic OH excluding ortho intramolecular Hbond substituents is 1. The monoisotopic (exact) mass is 199 g/mol. The number of aromatic hydroxyl groups is 1. The SMILES string of the molecule is NC(Cc1cc(O)ccc1F)C(=O)O. The Morgan fingerprint density at radius 1 is 1.57 bits per heavy atom. The normalized spacial score (nSPS) is 12.4. The van der Waals surface area contributed by atoms with E-state index >= 15 is 0 Å². The Kier molecular flexibility index (Phi) is 3.03. The van der Waals surface area contributed by atoms with Gasteiger partial charge < -0.3 is 15.9 Å². The van der Waals surface area contributed by atoms with Gasteiger partial charge in [0, 0.05) is 6.42 Å². The minimum Gasteiger partial charge on any atom is -0.508 e. The average molecular weight is 199 g/mol. The molecule has 4 nitrogen and oxygen atoms in total. The Bertz CT molecular complexity index is 354. The van der Waals surface area contributed by atoms with Gasteiger partial charge in [0.05, 0.1) is 0 Å². The zero-order valence-corrected chi connectivity index (χ0v) is 7.27. The van der Waals surface area contributed by atoms with Crippen molar-refractivity contribution in [3.05, 3.63) is 29.6 Å². The van der Waals surface area contributed by atoms with Gasteiger partial charge >= 0.3 is 5.97 Å². The topological polar surface area (TPSA) is 83.5 Å². The molecule has 1 rings (SSSR count). The Labute approximate surface area is 79.8 Å². The van der Waals surface area contributed by atoms with E-state index in [-0.39, 0.29) is 17.7 Å². The molecule has 4 N–H and O–H groups in total. The lowest BCUT2D eigenvalue weighted by Gasteiger charge is -2.07. The van der Waals surface area contributed by atoms with Crippen molar-refractivity contribution in [1.82, 2.24) is 0 Å². The van der Waals surface area contributed by atoms with E-state index in [4.69, 9.17) is 15.9 Å². The summed E-state index contributed by atoms with van der Waals surface area (Å²) >= 11 is 0. The van der Waals surface area contributed by atoms with Crippen molar-refractivity contribution in [1.29, 1.82) is 0 Å². The zero-order chi connectivity index (χ0) is 10.7. The second-order valence-electron chi connectivity index (χ2n) is 2.92. The largest absolute Gasteiger partial charge is 0.508 e. The van der Waals surface area contributed by atoms with Gasteiger partial charge in [0.15, 0.2) is 0 Å². The number of halogens is 1. The highest BCUT2D eigenvalue weighted by Crippen LogP contribution is 2.16. The van der Waals surface area contributed by atoms with Gasteiger partial charge in [-0.15, -0.1) is 0 Å². The number of nitrogens with two attached hydrogens (primary N) is 1. The van der Waals surface area contributed by atoms with E-state index in [0.717, 1.165) is 12.1 Å². The first-order valence-electron chi connectivity index (χ1n) is 3.96. The van der Waals surface area contributed by atoms with E-state index in [9.17, 15) is 9.18 Å². The summed E-state index contributed by atoms with van der Waals surface area (Å²) in [4.78, 5) is 10.4. The Balaban J connectivity index is 2.85. The summed E-state index contributed by atoms with van der Waals surface area (Å²) < 4.78 is 13.0. The number of carboxylic acids is 1. The van der Waals surface area contributed by atoms with Crippen molar-refractivity contribution in [2.45, 2.75) is 12.5 Å². The molecule has 0 amide bonds. The first-order chi connectivity index (χ1) is 6.50. The van der Waals surface area contributed by atoms with Crippen LogP contribution in [0.4, 0.5) is 4.39 Å². The number of hydrogen-bond acceptors (Lipinski definition) is 3. The third kappa shape index (κ3) is 2.43. The van der Waals surface area contributed by atoms with Crippen LogP contribution in [0.1, 0.15) is 5.56 Å². The molecule has 1 aromatic rings. The van der Waals surface area contributed by atoms with Crippen molar-refractivity contribution < 1.29 is 19.4 Å².